The summed E-state index contributed by atoms with van der Waals surface area (Å²) in [5, 5.41) is 16.7. The minimum Gasteiger partial charge on any atom is -0.507 e. The summed E-state index contributed by atoms with van der Waals surface area (Å²) in [6, 6.07) is 12.6. The van der Waals surface area contributed by atoms with Crippen LogP contribution in [0.3, 0.4) is 0 Å². The van der Waals surface area contributed by atoms with Crippen LogP contribution in [0.2, 0.25) is 0 Å². The van der Waals surface area contributed by atoms with Gasteiger partial charge in [-0.05, 0) is 43.7 Å². The minimum absolute atomic E-state index is 0.0387. The number of hydrogen-bond donors (Lipinski definition) is 3. The molecule has 0 aromatic heterocycles. The summed E-state index contributed by atoms with van der Waals surface area (Å²) in [6.45, 7) is 4.48. The van der Waals surface area contributed by atoms with Gasteiger partial charge in [-0.3, -0.25) is 4.79 Å². The van der Waals surface area contributed by atoms with Crippen LogP contribution in [0, 0.1) is 6.92 Å². The fourth-order valence-corrected chi connectivity index (χ4v) is 2.04. The van der Waals surface area contributed by atoms with Crippen LogP contribution in [0.5, 0.6) is 11.5 Å². The van der Waals surface area contributed by atoms with E-state index >= 15 is 0 Å². The number of carbonyl (C=O) groups is 1. The molecule has 3 N–H and O–H groups in total. The summed E-state index contributed by atoms with van der Waals surface area (Å²) >= 11 is 0. The predicted molar refractivity (Wildman–Crippen MR) is 94.7 cm³/mol. The number of carbonyl (C=O) groups excluding carboxylic acids is 1. The number of nitrogens with one attached hydrogen (secondary N) is 2. The summed E-state index contributed by atoms with van der Waals surface area (Å²) in [6.07, 6.45) is 1.38. The van der Waals surface area contributed by atoms with Gasteiger partial charge in [0, 0.05) is 17.3 Å². The van der Waals surface area contributed by atoms with Crippen molar-refractivity contribution in [1.82, 2.24) is 5.43 Å². The highest BCUT2D eigenvalue weighted by atomic mass is 16.5. The van der Waals surface area contributed by atoms with Gasteiger partial charge in [-0.1, -0.05) is 12.1 Å². The number of benzene rings is 2. The number of anilines is 1. The Balaban J connectivity index is 1.83. The van der Waals surface area contributed by atoms with Gasteiger partial charge in [0.25, 0.3) is 5.91 Å². The van der Waals surface area contributed by atoms with Gasteiger partial charge < -0.3 is 15.2 Å². The summed E-state index contributed by atoms with van der Waals surface area (Å²) in [5.74, 6) is 0.341. The average molecular weight is 327 g/mol. The van der Waals surface area contributed by atoms with Crippen molar-refractivity contribution in [3.63, 3.8) is 0 Å². The third kappa shape index (κ3) is 5.31. The van der Waals surface area contributed by atoms with Crippen molar-refractivity contribution in [3.05, 3.63) is 53.6 Å². The lowest BCUT2D eigenvalue weighted by atomic mass is 10.2. The molecule has 0 fully saturated rings. The molecule has 24 heavy (non-hydrogen) atoms. The molecule has 0 atom stereocenters. The largest absolute Gasteiger partial charge is 0.507 e. The number of hydrazone groups is 1. The van der Waals surface area contributed by atoms with E-state index in [0.29, 0.717) is 17.9 Å². The van der Waals surface area contributed by atoms with Gasteiger partial charge in [-0.2, -0.15) is 5.10 Å². The molecule has 0 saturated carbocycles. The van der Waals surface area contributed by atoms with Crippen molar-refractivity contribution in [2.45, 2.75) is 13.8 Å². The topological polar surface area (TPSA) is 83.0 Å². The molecule has 6 nitrogen and oxygen atoms in total. The standard InChI is InChI=1S/C18H21N3O3/c1-3-24-16-8-7-14(17(22)10-16)11-20-21-18(23)12-19-15-6-4-5-13(2)9-15/h4-11,19,22H,3,12H2,1-2H3,(H,21,23)/b20-11-. The zero-order valence-corrected chi connectivity index (χ0v) is 13.7. The lowest BCUT2D eigenvalue weighted by Crippen LogP contribution is -2.25. The second-order valence-corrected chi connectivity index (χ2v) is 5.17. The fraction of sp³-hybridized carbons (Fsp3) is 0.222. The Morgan fingerprint density at radius 3 is 2.83 bits per heavy atom. The van der Waals surface area contributed by atoms with Crippen LogP contribution >= 0.6 is 0 Å². The van der Waals surface area contributed by atoms with Crippen molar-refractivity contribution in [3.8, 4) is 11.5 Å². The van der Waals surface area contributed by atoms with E-state index < -0.39 is 0 Å². The molecule has 2 aromatic carbocycles. The van der Waals surface area contributed by atoms with E-state index in [-0.39, 0.29) is 18.2 Å². The number of nitrogens with zero attached hydrogens (tertiary/aromatic N) is 1. The first kappa shape index (κ1) is 17.3. The molecular weight excluding hydrogens is 306 g/mol. The number of amides is 1. The summed E-state index contributed by atoms with van der Waals surface area (Å²) in [5.41, 5.74) is 4.89. The highest BCUT2D eigenvalue weighted by molar-refractivity contribution is 5.86. The van der Waals surface area contributed by atoms with E-state index in [4.69, 9.17) is 4.74 Å². The van der Waals surface area contributed by atoms with Crippen LogP contribution in [-0.2, 0) is 4.79 Å². The van der Waals surface area contributed by atoms with Crippen molar-refractivity contribution in [2.75, 3.05) is 18.5 Å². The van der Waals surface area contributed by atoms with E-state index in [9.17, 15) is 9.90 Å². The van der Waals surface area contributed by atoms with Crippen molar-refractivity contribution >= 4 is 17.8 Å². The van der Waals surface area contributed by atoms with E-state index in [0.717, 1.165) is 11.3 Å². The molecule has 0 bridgehead atoms. The molecule has 0 spiro atoms. The van der Waals surface area contributed by atoms with E-state index in [2.05, 4.69) is 15.8 Å². The van der Waals surface area contributed by atoms with Crippen LogP contribution in [0.15, 0.2) is 47.6 Å². The zero-order valence-electron chi connectivity index (χ0n) is 13.7. The Morgan fingerprint density at radius 2 is 2.12 bits per heavy atom. The molecule has 6 heteroatoms. The van der Waals surface area contributed by atoms with Gasteiger partial charge in [-0.15, -0.1) is 0 Å². The molecule has 2 aromatic rings. The predicted octanol–water partition coefficient (Wildman–Crippen LogP) is 2.66. The Hall–Kier alpha value is -3.02. The van der Waals surface area contributed by atoms with E-state index in [1.807, 2.05) is 38.1 Å². The first-order valence-electron chi connectivity index (χ1n) is 7.66. The van der Waals surface area contributed by atoms with Gasteiger partial charge in [0.2, 0.25) is 0 Å². The molecule has 0 saturated heterocycles. The molecule has 0 heterocycles. The number of phenolic OH excluding ortho intramolecular Hbond substituents is 1. The lowest BCUT2D eigenvalue weighted by molar-refractivity contribution is -0.119. The molecule has 2 rings (SSSR count). The van der Waals surface area contributed by atoms with Gasteiger partial charge in [-0.25, -0.2) is 5.43 Å². The van der Waals surface area contributed by atoms with Crippen LogP contribution in [0.25, 0.3) is 0 Å². The minimum atomic E-state index is -0.279. The van der Waals surface area contributed by atoms with Crippen LogP contribution in [0.1, 0.15) is 18.1 Å². The normalized spacial score (nSPS) is 10.6. The van der Waals surface area contributed by atoms with Crippen LogP contribution < -0.4 is 15.5 Å². The maximum atomic E-state index is 11.7. The number of hydrogen-bond acceptors (Lipinski definition) is 5. The highest BCUT2D eigenvalue weighted by Crippen LogP contribution is 2.22. The molecule has 0 aliphatic rings. The molecule has 0 unspecified atom stereocenters. The number of rotatable bonds is 7. The first-order valence-corrected chi connectivity index (χ1v) is 7.66. The molecule has 1 amide bonds. The first-order chi connectivity index (χ1) is 11.6. The highest BCUT2D eigenvalue weighted by Gasteiger charge is 2.02. The van der Waals surface area contributed by atoms with Crippen molar-refractivity contribution in [1.29, 1.82) is 0 Å². The number of ether oxygens (including phenoxy) is 1. The second-order valence-electron chi connectivity index (χ2n) is 5.17. The van der Waals surface area contributed by atoms with Gasteiger partial charge in [0.05, 0.1) is 19.4 Å². The Labute approximate surface area is 141 Å². The van der Waals surface area contributed by atoms with Crippen LogP contribution in [-0.4, -0.2) is 30.4 Å². The number of aromatic hydroxyl groups is 1. The quantitative estimate of drug-likeness (QED) is 0.539. The molecule has 0 aliphatic carbocycles. The van der Waals surface area contributed by atoms with Crippen molar-refractivity contribution < 1.29 is 14.6 Å². The molecule has 0 aliphatic heterocycles. The average Bonchev–Trinajstić information content (AvgIpc) is 2.55. The third-order valence-electron chi connectivity index (χ3n) is 3.18. The van der Waals surface area contributed by atoms with E-state index in [1.54, 1.807) is 12.1 Å². The maximum Gasteiger partial charge on any atom is 0.259 e. The summed E-state index contributed by atoms with van der Waals surface area (Å²) < 4.78 is 5.28. The smallest absolute Gasteiger partial charge is 0.259 e. The Kier molecular flexibility index (Phi) is 6.19. The molecule has 0 radical (unpaired) electrons. The third-order valence-corrected chi connectivity index (χ3v) is 3.18. The monoisotopic (exact) mass is 327 g/mol. The second kappa shape index (κ2) is 8.57. The lowest BCUT2D eigenvalue weighted by Gasteiger charge is -2.06. The number of phenols is 1. The zero-order chi connectivity index (χ0) is 17.4. The number of aryl methyl sites for hydroxylation is 1. The molecular formula is C18H21N3O3. The Morgan fingerprint density at radius 1 is 1.29 bits per heavy atom. The van der Waals surface area contributed by atoms with Gasteiger partial charge >= 0.3 is 0 Å². The van der Waals surface area contributed by atoms with Gasteiger partial charge in [0.1, 0.15) is 11.5 Å². The Bertz CT molecular complexity index is 729. The van der Waals surface area contributed by atoms with Crippen LogP contribution in [0.4, 0.5) is 5.69 Å². The summed E-state index contributed by atoms with van der Waals surface area (Å²) in [7, 11) is 0. The SMILES string of the molecule is CCOc1ccc(/C=N\NC(=O)CNc2cccc(C)c2)c(O)c1. The van der Waals surface area contributed by atoms with E-state index in [1.165, 1.54) is 12.3 Å². The fourth-order valence-electron chi connectivity index (χ4n) is 2.04. The maximum absolute atomic E-state index is 11.7. The molecule has 126 valence electrons. The van der Waals surface area contributed by atoms with Crippen molar-refractivity contribution in [2.24, 2.45) is 5.10 Å². The van der Waals surface area contributed by atoms with Gasteiger partial charge in [0.15, 0.2) is 0 Å². The summed E-state index contributed by atoms with van der Waals surface area (Å²) in [4.78, 5) is 11.7.